The van der Waals surface area contributed by atoms with Crippen molar-refractivity contribution in [2.75, 3.05) is 13.7 Å². The van der Waals surface area contributed by atoms with E-state index in [1.807, 2.05) is 14.0 Å². The van der Waals surface area contributed by atoms with Gasteiger partial charge in [0.15, 0.2) is 0 Å². The molecule has 19 heavy (non-hydrogen) atoms. The highest BCUT2D eigenvalue weighted by Gasteiger charge is 2.20. The molecule has 3 nitrogen and oxygen atoms in total. The number of nitrogens with one attached hydrogen (secondary N) is 1. The summed E-state index contributed by atoms with van der Waals surface area (Å²) in [5.74, 6) is 0.989. The molecule has 0 saturated heterocycles. The van der Waals surface area contributed by atoms with Crippen molar-refractivity contribution in [1.29, 1.82) is 5.26 Å². The van der Waals surface area contributed by atoms with Crippen LogP contribution < -0.4 is 10.1 Å². The van der Waals surface area contributed by atoms with Crippen molar-refractivity contribution >= 4 is 0 Å². The van der Waals surface area contributed by atoms with Crippen LogP contribution in [0.5, 0.6) is 5.75 Å². The molecule has 1 unspecified atom stereocenters. The van der Waals surface area contributed by atoms with E-state index in [0.717, 1.165) is 18.6 Å². The van der Waals surface area contributed by atoms with Gasteiger partial charge in [0.2, 0.25) is 0 Å². The zero-order valence-corrected chi connectivity index (χ0v) is 12.6. The highest BCUT2D eigenvalue weighted by molar-refractivity contribution is 5.44. The summed E-state index contributed by atoms with van der Waals surface area (Å²) < 4.78 is 5.90. The van der Waals surface area contributed by atoms with Crippen LogP contribution in [0.1, 0.15) is 36.5 Å². The van der Waals surface area contributed by atoms with Crippen molar-refractivity contribution in [3.05, 3.63) is 28.8 Å². The van der Waals surface area contributed by atoms with Gasteiger partial charge in [-0.05, 0) is 64.3 Å². The van der Waals surface area contributed by atoms with Gasteiger partial charge in [0, 0.05) is 0 Å². The van der Waals surface area contributed by atoms with E-state index in [9.17, 15) is 0 Å². The molecule has 1 atom stereocenters. The molecule has 0 saturated carbocycles. The monoisotopic (exact) mass is 260 g/mol. The Bertz CT molecular complexity index is 476. The predicted octanol–water partition coefficient (Wildman–Crippen LogP) is 3.27. The number of ether oxygens (including phenoxy) is 1. The molecule has 0 aliphatic heterocycles. The van der Waals surface area contributed by atoms with E-state index in [4.69, 9.17) is 10.00 Å². The van der Waals surface area contributed by atoms with Gasteiger partial charge in [-0.1, -0.05) is 12.1 Å². The average Bonchev–Trinajstić information content (AvgIpc) is 2.42. The normalized spacial score (nSPS) is 13.7. The maximum atomic E-state index is 9.07. The van der Waals surface area contributed by atoms with Crippen LogP contribution in [0.2, 0.25) is 0 Å². The van der Waals surface area contributed by atoms with Crippen LogP contribution >= 0.6 is 0 Å². The van der Waals surface area contributed by atoms with Gasteiger partial charge in [-0.2, -0.15) is 5.26 Å². The minimum Gasteiger partial charge on any atom is -0.493 e. The summed E-state index contributed by atoms with van der Waals surface area (Å²) >= 11 is 0. The summed E-state index contributed by atoms with van der Waals surface area (Å²) in [6, 6.07) is 6.50. The first-order chi connectivity index (χ1) is 8.93. The minimum absolute atomic E-state index is 0.458. The molecular weight excluding hydrogens is 236 g/mol. The Hall–Kier alpha value is -1.53. The Labute approximate surface area is 116 Å². The van der Waals surface area contributed by atoms with Crippen molar-refractivity contribution < 1.29 is 4.74 Å². The Morgan fingerprint density at radius 2 is 1.89 bits per heavy atom. The van der Waals surface area contributed by atoms with Crippen LogP contribution in [0.4, 0.5) is 0 Å². The first-order valence-electron chi connectivity index (χ1n) is 6.73. The minimum atomic E-state index is -0.458. The third-order valence-electron chi connectivity index (χ3n) is 3.74. The summed E-state index contributed by atoms with van der Waals surface area (Å²) in [5, 5.41) is 12.1. The first-order valence-corrected chi connectivity index (χ1v) is 6.73. The lowest BCUT2D eigenvalue weighted by Crippen LogP contribution is -2.38. The molecule has 1 N–H and O–H groups in total. The van der Waals surface area contributed by atoms with Crippen molar-refractivity contribution in [3.63, 3.8) is 0 Å². The second kappa shape index (κ2) is 6.58. The van der Waals surface area contributed by atoms with Crippen LogP contribution in [0.3, 0.4) is 0 Å². The molecule has 0 fully saturated rings. The van der Waals surface area contributed by atoms with Gasteiger partial charge in [0.25, 0.3) is 0 Å². The van der Waals surface area contributed by atoms with E-state index in [2.05, 4.69) is 44.3 Å². The number of nitriles is 1. The number of hydrogen-bond acceptors (Lipinski definition) is 3. The van der Waals surface area contributed by atoms with E-state index in [-0.39, 0.29) is 0 Å². The summed E-state index contributed by atoms with van der Waals surface area (Å²) in [6.07, 6.45) is 1.64. The molecule has 1 rings (SSSR count). The van der Waals surface area contributed by atoms with Crippen molar-refractivity contribution in [2.45, 2.75) is 46.1 Å². The molecule has 0 amide bonds. The lowest BCUT2D eigenvalue weighted by atomic mass is 9.98. The standard InChI is InChI=1S/C16H24N2O/c1-12-7-8-13(2)15(14(12)3)19-10-6-9-16(4,11-17)18-5/h7-8,18H,6,9-10H2,1-5H3. The van der Waals surface area contributed by atoms with Gasteiger partial charge < -0.3 is 10.1 Å². The quantitative estimate of drug-likeness (QED) is 0.798. The maximum Gasteiger partial charge on any atom is 0.125 e. The number of rotatable bonds is 6. The van der Waals surface area contributed by atoms with Gasteiger partial charge in [0.1, 0.15) is 11.3 Å². The Balaban J connectivity index is 2.56. The highest BCUT2D eigenvalue weighted by atomic mass is 16.5. The summed E-state index contributed by atoms with van der Waals surface area (Å²) in [5.41, 5.74) is 3.16. The molecule has 1 aromatic rings. The van der Waals surface area contributed by atoms with Crippen LogP contribution in [-0.4, -0.2) is 19.2 Å². The van der Waals surface area contributed by atoms with E-state index in [1.165, 1.54) is 16.7 Å². The number of hydrogen-bond donors (Lipinski definition) is 1. The molecule has 0 bridgehead atoms. The average molecular weight is 260 g/mol. The van der Waals surface area contributed by atoms with Crippen molar-refractivity contribution in [2.24, 2.45) is 0 Å². The van der Waals surface area contributed by atoms with E-state index < -0.39 is 5.54 Å². The Morgan fingerprint density at radius 3 is 2.47 bits per heavy atom. The zero-order chi connectivity index (χ0) is 14.5. The van der Waals surface area contributed by atoms with Gasteiger partial charge in [-0.3, -0.25) is 0 Å². The number of aryl methyl sites for hydroxylation is 2. The predicted molar refractivity (Wildman–Crippen MR) is 78.5 cm³/mol. The van der Waals surface area contributed by atoms with Crippen LogP contribution in [-0.2, 0) is 0 Å². The molecule has 1 aromatic carbocycles. The lowest BCUT2D eigenvalue weighted by Gasteiger charge is -2.21. The van der Waals surface area contributed by atoms with Crippen LogP contribution in [0.15, 0.2) is 12.1 Å². The molecule has 0 aliphatic rings. The van der Waals surface area contributed by atoms with Crippen molar-refractivity contribution in [1.82, 2.24) is 5.32 Å². The molecular formula is C16H24N2O. The molecule has 0 radical (unpaired) electrons. The lowest BCUT2D eigenvalue weighted by molar-refractivity contribution is 0.285. The van der Waals surface area contributed by atoms with Crippen LogP contribution in [0.25, 0.3) is 0 Å². The molecule has 3 heteroatoms. The summed E-state index contributed by atoms with van der Waals surface area (Å²) in [4.78, 5) is 0. The van der Waals surface area contributed by atoms with E-state index in [1.54, 1.807) is 0 Å². The molecule has 0 aliphatic carbocycles. The summed E-state index contributed by atoms with van der Waals surface area (Å²) in [7, 11) is 1.82. The second-order valence-corrected chi connectivity index (χ2v) is 5.30. The van der Waals surface area contributed by atoms with Crippen LogP contribution in [0, 0.1) is 32.1 Å². The molecule has 0 spiro atoms. The van der Waals surface area contributed by atoms with Gasteiger partial charge in [-0.15, -0.1) is 0 Å². The fourth-order valence-corrected chi connectivity index (χ4v) is 1.98. The van der Waals surface area contributed by atoms with E-state index >= 15 is 0 Å². The zero-order valence-electron chi connectivity index (χ0n) is 12.6. The summed E-state index contributed by atoms with van der Waals surface area (Å²) in [6.45, 7) is 8.80. The smallest absolute Gasteiger partial charge is 0.125 e. The topological polar surface area (TPSA) is 45.0 Å². The number of benzene rings is 1. The van der Waals surface area contributed by atoms with Gasteiger partial charge >= 0.3 is 0 Å². The fourth-order valence-electron chi connectivity index (χ4n) is 1.98. The fraction of sp³-hybridized carbons (Fsp3) is 0.562. The van der Waals surface area contributed by atoms with Gasteiger partial charge in [0.05, 0.1) is 12.7 Å². The SMILES string of the molecule is CNC(C)(C#N)CCCOc1c(C)ccc(C)c1C. The Kier molecular flexibility index (Phi) is 5.38. The molecule has 0 aromatic heterocycles. The molecule has 104 valence electrons. The third kappa shape index (κ3) is 3.97. The number of nitrogens with zero attached hydrogens (tertiary/aromatic N) is 1. The third-order valence-corrected chi connectivity index (χ3v) is 3.74. The highest BCUT2D eigenvalue weighted by Crippen LogP contribution is 2.26. The largest absolute Gasteiger partial charge is 0.493 e. The molecule has 0 heterocycles. The maximum absolute atomic E-state index is 9.07. The van der Waals surface area contributed by atoms with Crippen molar-refractivity contribution in [3.8, 4) is 11.8 Å². The first kappa shape index (κ1) is 15.5. The second-order valence-electron chi connectivity index (χ2n) is 5.30. The Morgan fingerprint density at radius 1 is 1.26 bits per heavy atom. The van der Waals surface area contributed by atoms with E-state index in [0.29, 0.717) is 6.61 Å². The van der Waals surface area contributed by atoms with Gasteiger partial charge in [-0.25, -0.2) is 0 Å².